The summed E-state index contributed by atoms with van der Waals surface area (Å²) in [6.07, 6.45) is 5.11. The Morgan fingerprint density at radius 3 is 2.45 bits per heavy atom. The second-order valence-electron chi connectivity index (χ2n) is 4.58. The van der Waals surface area contributed by atoms with Gasteiger partial charge in [-0.3, -0.25) is 14.4 Å². The Bertz CT molecular complexity index is 297. The van der Waals surface area contributed by atoms with E-state index in [1.165, 1.54) is 0 Å². The largest absolute Gasteiger partial charge is 0.370 e. The van der Waals surface area contributed by atoms with Crippen molar-refractivity contribution < 1.29 is 14.4 Å². The van der Waals surface area contributed by atoms with Crippen molar-refractivity contribution in [3.8, 4) is 0 Å². The summed E-state index contributed by atoms with van der Waals surface area (Å²) >= 11 is 0. The lowest BCUT2D eigenvalue weighted by atomic mass is 10.1. The van der Waals surface area contributed by atoms with Crippen LogP contribution in [-0.4, -0.2) is 43.8 Å². The van der Waals surface area contributed by atoms with Crippen molar-refractivity contribution in [3.63, 3.8) is 0 Å². The van der Waals surface area contributed by atoms with Gasteiger partial charge in [0, 0.05) is 19.4 Å². The fraction of sp³-hybridized carbons (Fsp3) is 0.769. The van der Waals surface area contributed by atoms with Gasteiger partial charge in [0.1, 0.15) is 0 Å². The van der Waals surface area contributed by atoms with E-state index >= 15 is 0 Å². The summed E-state index contributed by atoms with van der Waals surface area (Å²) in [5, 5.41) is 5.75. The van der Waals surface area contributed by atoms with Crippen molar-refractivity contribution in [2.45, 2.75) is 44.6 Å². The summed E-state index contributed by atoms with van der Waals surface area (Å²) in [6, 6.07) is -0.471. The molecule has 0 aromatic rings. The maximum atomic E-state index is 11.4. The first-order valence-electron chi connectivity index (χ1n) is 6.96. The highest BCUT2D eigenvalue weighted by molar-refractivity contribution is 5.75. The molecule has 0 spiro atoms. The van der Waals surface area contributed by atoms with Crippen LogP contribution in [0.25, 0.3) is 0 Å². The van der Waals surface area contributed by atoms with Crippen molar-refractivity contribution in [1.82, 2.24) is 10.6 Å². The predicted molar refractivity (Wildman–Crippen MR) is 76.4 cm³/mol. The zero-order chi connectivity index (χ0) is 15.2. The van der Waals surface area contributed by atoms with Gasteiger partial charge in [-0.1, -0.05) is 0 Å². The maximum Gasteiger partial charge on any atom is 0.219 e. The molecule has 20 heavy (non-hydrogen) atoms. The molecule has 7 heteroatoms. The normalized spacial score (nSPS) is 11.8. The molecule has 0 bridgehead atoms. The van der Waals surface area contributed by atoms with E-state index in [1.807, 2.05) is 6.29 Å². The summed E-state index contributed by atoms with van der Waals surface area (Å²) in [5.41, 5.74) is 10.3. The molecule has 2 amide bonds. The van der Waals surface area contributed by atoms with Crippen molar-refractivity contribution in [3.05, 3.63) is 0 Å². The van der Waals surface area contributed by atoms with Crippen LogP contribution in [0.1, 0.15) is 38.5 Å². The van der Waals surface area contributed by atoms with E-state index in [4.69, 9.17) is 11.5 Å². The topological polar surface area (TPSA) is 127 Å². The van der Waals surface area contributed by atoms with Gasteiger partial charge in [0.25, 0.3) is 0 Å². The number of amides is 2. The Kier molecular flexibility index (Phi) is 11.6. The first-order chi connectivity index (χ1) is 9.60. The molecule has 0 aliphatic rings. The van der Waals surface area contributed by atoms with Gasteiger partial charge in [0.2, 0.25) is 18.1 Å². The highest BCUT2D eigenvalue weighted by Crippen LogP contribution is 1.97. The zero-order valence-corrected chi connectivity index (χ0v) is 11.8. The molecule has 1 atom stereocenters. The van der Waals surface area contributed by atoms with E-state index in [-0.39, 0.29) is 12.3 Å². The number of primary amides is 1. The molecule has 0 fully saturated rings. The first-order valence-corrected chi connectivity index (χ1v) is 6.96. The molecule has 115 valence electrons. The predicted octanol–water partition coefficient (Wildman–Crippen LogP) is -1.04. The molecule has 0 aromatic heterocycles. The van der Waals surface area contributed by atoms with Crippen LogP contribution in [0.3, 0.4) is 0 Å². The number of carbonyl (C=O) groups excluding carboxylic acids is 3. The van der Waals surface area contributed by atoms with Crippen LogP contribution in [0.5, 0.6) is 0 Å². The van der Waals surface area contributed by atoms with Crippen LogP contribution in [0.4, 0.5) is 0 Å². The molecule has 6 N–H and O–H groups in total. The van der Waals surface area contributed by atoms with Crippen molar-refractivity contribution in [1.29, 1.82) is 0 Å². The summed E-state index contributed by atoms with van der Waals surface area (Å²) < 4.78 is 0. The van der Waals surface area contributed by atoms with Gasteiger partial charge in [-0.05, 0) is 38.8 Å². The fourth-order valence-corrected chi connectivity index (χ4v) is 1.59. The van der Waals surface area contributed by atoms with Gasteiger partial charge in [-0.15, -0.1) is 0 Å². The summed E-state index contributed by atoms with van der Waals surface area (Å²) in [6.45, 7) is 1.79. The van der Waals surface area contributed by atoms with Gasteiger partial charge in [-0.2, -0.15) is 0 Å². The molecular formula is C13H25N4O3. The Morgan fingerprint density at radius 1 is 1.10 bits per heavy atom. The lowest BCUT2D eigenvalue weighted by Crippen LogP contribution is -2.32. The van der Waals surface area contributed by atoms with Gasteiger partial charge < -0.3 is 22.1 Å². The SMILES string of the molecule is NCCCNC(=O)CCCCN[C@H]([C]=O)CCC(N)=O. The lowest BCUT2D eigenvalue weighted by Gasteiger charge is -2.10. The van der Waals surface area contributed by atoms with E-state index in [9.17, 15) is 14.4 Å². The zero-order valence-electron chi connectivity index (χ0n) is 11.8. The van der Waals surface area contributed by atoms with E-state index in [0.717, 1.165) is 19.3 Å². The fourth-order valence-electron chi connectivity index (χ4n) is 1.59. The smallest absolute Gasteiger partial charge is 0.219 e. The molecule has 0 rings (SSSR count). The van der Waals surface area contributed by atoms with E-state index in [2.05, 4.69) is 10.6 Å². The minimum absolute atomic E-state index is 0.0191. The molecule has 0 aliphatic heterocycles. The summed E-state index contributed by atoms with van der Waals surface area (Å²) in [5.74, 6) is -0.410. The van der Waals surface area contributed by atoms with Crippen LogP contribution < -0.4 is 22.1 Å². The van der Waals surface area contributed by atoms with Gasteiger partial charge in [0.15, 0.2) is 0 Å². The number of rotatable bonds is 13. The average molecular weight is 285 g/mol. The van der Waals surface area contributed by atoms with Gasteiger partial charge >= 0.3 is 0 Å². The number of carbonyl (C=O) groups is 2. The third-order valence-corrected chi connectivity index (χ3v) is 2.75. The third-order valence-electron chi connectivity index (χ3n) is 2.75. The van der Waals surface area contributed by atoms with E-state index in [0.29, 0.717) is 32.5 Å². The Hall–Kier alpha value is -1.47. The lowest BCUT2D eigenvalue weighted by molar-refractivity contribution is -0.121. The van der Waals surface area contributed by atoms with Crippen molar-refractivity contribution in [2.24, 2.45) is 11.5 Å². The van der Waals surface area contributed by atoms with Crippen molar-refractivity contribution >= 4 is 18.1 Å². The number of nitrogens with two attached hydrogens (primary N) is 2. The molecule has 0 heterocycles. The molecule has 7 nitrogen and oxygen atoms in total. The maximum absolute atomic E-state index is 11.4. The van der Waals surface area contributed by atoms with Crippen LogP contribution in [0, 0.1) is 0 Å². The molecular weight excluding hydrogens is 260 g/mol. The van der Waals surface area contributed by atoms with Crippen molar-refractivity contribution in [2.75, 3.05) is 19.6 Å². The minimum Gasteiger partial charge on any atom is -0.370 e. The highest BCUT2D eigenvalue weighted by Gasteiger charge is 2.09. The molecule has 0 aromatic carbocycles. The molecule has 0 saturated carbocycles. The Labute approximate surface area is 119 Å². The molecule has 0 unspecified atom stereocenters. The second-order valence-corrected chi connectivity index (χ2v) is 4.58. The average Bonchev–Trinajstić information content (AvgIpc) is 2.42. The van der Waals surface area contributed by atoms with Crippen LogP contribution >= 0.6 is 0 Å². The summed E-state index contributed by atoms with van der Waals surface area (Å²) in [7, 11) is 0. The van der Waals surface area contributed by atoms with E-state index in [1.54, 1.807) is 0 Å². The highest BCUT2D eigenvalue weighted by atomic mass is 16.2. The quantitative estimate of drug-likeness (QED) is 0.321. The molecule has 0 aliphatic carbocycles. The number of nitrogens with one attached hydrogen (secondary N) is 2. The van der Waals surface area contributed by atoms with E-state index < -0.39 is 11.9 Å². The van der Waals surface area contributed by atoms with Crippen LogP contribution in [-0.2, 0) is 14.4 Å². The monoisotopic (exact) mass is 285 g/mol. The standard InChI is InChI=1S/C13H25N4O3/c14-7-3-9-17-13(20)4-1-2-8-16-11(10-18)5-6-12(15)19/h11,16H,1-9,14H2,(H2,15,19)(H,17,20)/t11-/m0/s1. The number of hydrogen-bond acceptors (Lipinski definition) is 5. The third kappa shape index (κ3) is 11.6. The molecule has 0 saturated heterocycles. The van der Waals surface area contributed by atoms with Gasteiger partial charge in [0.05, 0.1) is 6.04 Å². The van der Waals surface area contributed by atoms with Crippen LogP contribution in [0.2, 0.25) is 0 Å². The van der Waals surface area contributed by atoms with Crippen LogP contribution in [0.15, 0.2) is 0 Å². The first kappa shape index (κ1) is 18.5. The Morgan fingerprint density at radius 2 is 1.85 bits per heavy atom. The second kappa shape index (κ2) is 12.6. The summed E-state index contributed by atoms with van der Waals surface area (Å²) in [4.78, 5) is 32.6. The minimum atomic E-state index is -0.471. The number of unbranched alkanes of at least 4 members (excludes halogenated alkanes) is 1. The van der Waals surface area contributed by atoms with Gasteiger partial charge in [-0.25, -0.2) is 0 Å². The number of hydrogen-bond donors (Lipinski definition) is 4. The Balaban J connectivity index is 3.51. The molecule has 1 radical (unpaired) electrons.